The number of aliphatic hydroxyl groups excluding tert-OH is 2. The summed E-state index contributed by atoms with van der Waals surface area (Å²) in [5, 5.41) is 18.6. The van der Waals surface area contributed by atoms with Gasteiger partial charge < -0.3 is 10.2 Å². The summed E-state index contributed by atoms with van der Waals surface area (Å²) < 4.78 is 0. The van der Waals surface area contributed by atoms with Gasteiger partial charge in [0.1, 0.15) is 6.10 Å². The maximum atomic E-state index is 9.72. The average molecular weight is 213 g/mol. The summed E-state index contributed by atoms with van der Waals surface area (Å²) in [6.07, 6.45) is 3.02. The van der Waals surface area contributed by atoms with E-state index in [1.807, 2.05) is 12.3 Å². The molecule has 4 heteroatoms. The topological polar surface area (TPSA) is 53.4 Å². The monoisotopic (exact) mass is 213 g/mol. The van der Waals surface area contributed by atoms with E-state index in [-0.39, 0.29) is 12.5 Å². The molecule has 78 valence electrons. The summed E-state index contributed by atoms with van der Waals surface area (Å²) in [4.78, 5) is 5.20. The quantitative estimate of drug-likeness (QED) is 0.744. The second kappa shape index (κ2) is 5.34. The minimum absolute atomic E-state index is 0.0346. The number of aromatic nitrogens is 1. The van der Waals surface area contributed by atoms with Gasteiger partial charge in [-0.1, -0.05) is 6.92 Å². The number of rotatable bonds is 4. The van der Waals surface area contributed by atoms with Crippen LogP contribution in [0.2, 0.25) is 0 Å². The van der Waals surface area contributed by atoms with Crippen LogP contribution in [-0.2, 0) is 0 Å². The molecule has 0 aliphatic carbocycles. The zero-order chi connectivity index (χ0) is 10.6. The number of pyridine rings is 1. The molecule has 0 aliphatic rings. The molecule has 0 aliphatic heterocycles. The molecular weight excluding hydrogens is 198 g/mol. The van der Waals surface area contributed by atoms with E-state index in [2.05, 4.69) is 4.98 Å². The van der Waals surface area contributed by atoms with E-state index in [1.54, 1.807) is 30.9 Å². The first-order valence-corrected chi connectivity index (χ1v) is 5.70. The molecule has 1 aromatic rings. The second-order valence-electron chi connectivity index (χ2n) is 3.23. The first kappa shape index (κ1) is 11.5. The largest absolute Gasteiger partial charge is 0.396 e. The zero-order valence-electron chi connectivity index (χ0n) is 8.34. The Balaban J connectivity index is 2.75. The second-order valence-corrected chi connectivity index (χ2v) is 4.11. The molecule has 3 nitrogen and oxygen atoms in total. The van der Waals surface area contributed by atoms with Crippen LogP contribution >= 0.6 is 11.8 Å². The molecular formula is C10H15NO2S. The lowest BCUT2D eigenvalue weighted by Gasteiger charge is -2.15. The predicted octanol–water partition coefficient (Wildman–Crippen LogP) is 1.47. The normalized spacial score (nSPS) is 15.1. The molecule has 1 rings (SSSR count). The SMILES string of the molecule is CSc1ccc([C@H](O)[C@@H](C)CO)nc1. The fourth-order valence-corrected chi connectivity index (χ4v) is 1.44. The Hall–Kier alpha value is -0.580. The molecule has 0 aromatic carbocycles. The van der Waals surface area contributed by atoms with Crippen LogP contribution in [-0.4, -0.2) is 28.1 Å². The van der Waals surface area contributed by atoms with Crippen molar-refractivity contribution in [1.82, 2.24) is 4.98 Å². The summed E-state index contributed by atoms with van der Waals surface area (Å²) in [5.41, 5.74) is 0.615. The lowest BCUT2D eigenvalue weighted by atomic mass is 10.0. The summed E-state index contributed by atoms with van der Waals surface area (Å²) in [7, 11) is 0. The van der Waals surface area contributed by atoms with Crippen LogP contribution in [0.25, 0.3) is 0 Å². The average Bonchev–Trinajstić information content (AvgIpc) is 2.27. The van der Waals surface area contributed by atoms with E-state index >= 15 is 0 Å². The third-order valence-corrected chi connectivity index (χ3v) is 2.84. The third kappa shape index (κ3) is 2.70. The van der Waals surface area contributed by atoms with Gasteiger partial charge >= 0.3 is 0 Å². The van der Waals surface area contributed by atoms with Crippen LogP contribution in [0, 0.1) is 5.92 Å². The van der Waals surface area contributed by atoms with Crippen molar-refractivity contribution < 1.29 is 10.2 Å². The smallest absolute Gasteiger partial charge is 0.101 e. The highest BCUT2D eigenvalue weighted by Crippen LogP contribution is 2.21. The van der Waals surface area contributed by atoms with Gasteiger partial charge in [-0.25, -0.2) is 0 Å². The number of aliphatic hydroxyl groups is 2. The maximum absolute atomic E-state index is 9.72. The zero-order valence-corrected chi connectivity index (χ0v) is 9.16. The van der Waals surface area contributed by atoms with E-state index in [0.29, 0.717) is 5.69 Å². The molecule has 0 saturated carbocycles. The van der Waals surface area contributed by atoms with Gasteiger partial charge in [0.05, 0.1) is 5.69 Å². The Morgan fingerprint density at radius 1 is 1.50 bits per heavy atom. The number of nitrogens with zero attached hydrogens (tertiary/aromatic N) is 1. The number of thioether (sulfide) groups is 1. The molecule has 0 radical (unpaired) electrons. The van der Waals surface area contributed by atoms with Crippen LogP contribution in [0.5, 0.6) is 0 Å². The number of hydrogen-bond donors (Lipinski definition) is 2. The van der Waals surface area contributed by atoms with Crippen LogP contribution in [0.4, 0.5) is 0 Å². The molecule has 2 atom stereocenters. The van der Waals surface area contributed by atoms with Crippen molar-refractivity contribution >= 4 is 11.8 Å². The van der Waals surface area contributed by atoms with Crippen LogP contribution in [0.3, 0.4) is 0 Å². The van der Waals surface area contributed by atoms with E-state index < -0.39 is 6.10 Å². The molecule has 0 spiro atoms. The molecule has 14 heavy (non-hydrogen) atoms. The van der Waals surface area contributed by atoms with Gasteiger partial charge in [-0.2, -0.15) is 0 Å². The van der Waals surface area contributed by atoms with Crippen molar-refractivity contribution in [3.8, 4) is 0 Å². The van der Waals surface area contributed by atoms with E-state index in [9.17, 15) is 5.11 Å². The Morgan fingerprint density at radius 3 is 2.64 bits per heavy atom. The molecule has 0 bridgehead atoms. The highest BCUT2D eigenvalue weighted by atomic mass is 32.2. The van der Waals surface area contributed by atoms with Crippen molar-refractivity contribution in [3.63, 3.8) is 0 Å². The molecule has 0 unspecified atom stereocenters. The first-order valence-electron chi connectivity index (χ1n) is 4.48. The predicted molar refractivity (Wildman–Crippen MR) is 57.2 cm³/mol. The molecule has 2 N–H and O–H groups in total. The van der Waals surface area contributed by atoms with E-state index in [0.717, 1.165) is 4.90 Å². The molecule has 0 fully saturated rings. The van der Waals surface area contributed by atoms with Crippen molar-refractivity contribution in [1.29, 1.82) is 0 Å². The van der Waals surface area contributed by atoms with Crippen LogP contribution in [0.1, 0.15) is 18.7 Å². The summed E-state index contributed by atoms with van der Waals surface area (Å²) in [5.74, 6) is -0.178. The first-order chi connectivity index (χ1) is 6.69. The van der Waals surface area contributed by atoms with Crippen LogP contribution < -0.4 is 0 Å². The summed E-state index contributed by atoms with van der Waals surface area (Å²) >= 11 is 1.61. The van der Waals surface area contributed by atoms with E-state index in [4.69, 9.17) is 5.11 Å². The number of hydrogen-bond acceptors (Lipinski definition) is 4. The Kier molecular flexibility index (Phi) is 4.38. The summed E-state index contributed by atoms with van der Waals surface area (Å²) in [6, 6.07) is 3.71. The minimum Gasteiger partial charge on any atom is -0.396 e. The lowest BCUT2D eigenvalue weighted by Crippen LogP contribution is -2.14. The van der Waals surface area contributed by atoms with Crippen LogP contribution in [0.15, 0.2) is 23.2 Å². The maximum Gasteiger partial charge on any atom is 0.101 e. The van der Waals surface area contributed by atoms with Crippen molar-refractivity contribution in [2.24, 2.45) is 5.92 Å². The van der Waals surface area contributed by atoms with Crippen molar-refractivity contribution in [3.05, 3.63) is 24.0 Å². The Bertz CT molecular complexity index is 276. The van der Waals surface area contributed by atoms with E-state index in [1.165, 1.54) is 0 Å². The van der Waals surface area contributed by atoms with Gasteiger partial charge in [0.15, 0.2) is 0 Å². The molecule has 0 saturated heterocycles. The highest BCUT2D eigenvalue weighted by molar-refractivity contribution is 7.98. The third-order valence-electron chi connectivity index (χ3n) is 2.12. The van der Waals surface area contributed by atoms with Gasteiger partial charge in [-0.15, -0.1) is 11.8 Å². The summed E-state index contributed by atoms with van der Waals surface area (Å²) in [6.45, 7) is 1.75. The van der Waals surface area contributed by atoms with Gasteiger partial charge in [-0.05, 0) is 18.4 Å². The fraction of sp³-hybridized carbons (Fsp3) is 0.500. The standard InChI is InChI=1S/C10H15NO2S/c1-7(6-12)10(13)9-4-3-8(14-2)5-11-9/h3-5,7,10,12-13H,6H2,1-2H3/t7-,10+/m0/s1. The highest BCUT2D eigenvalue weighted by Gasteiger charge is 2.16. The van der Waals surface area contributed by atoms with Crippen molar-refractivity contribution in [2.75, 3.05) is 12.9 Å². The molecule has 0 amide bonds. The van der Waals surface area contributed by atoms with Gasteiger partial charge in [-0.3, -0.25) is 4.98 Å². The molecule has 1 aromatic heterocycles. The van der Waals surface area contributed by atoms with Gasteiger partial charge in [0.25, 0.3) is 0 Å². The van der Waals surface area contributed by atoms with Gasteiger partial charge in [0, 0.05) is 23.6 Å². The minimum atomic E-state index is -0.684. The lowest BCUT2D eigenvalue weighted by molar-refractivity contribution is 0.0737. The molecule has 1 heterocycles. The van der Waals surface area contributed by atoms with Crippen molar-refractivity contribution in [2.45, 2.75) is 17.9 Å². The Morgan fingerprint density at radius 2 is 2.21 bits per heavy atom. The fourth-order valence-electron chi connectivity index (χ4n) is 1.08. The van der Waals surface area contributed by atoms with Gasteiger partial charge in [0.2, 0.25) is 0 Å². The Labute approximate surface area is 88.2 Å².